The molecule has 0 aromatic heterocycles. The second-order valence-corrected chi connectivity index (χ2v) is 5.15. The van der Waals surface area contributed by atoms with Crippen LogP contribution in [-0.4, -0.2) is 23.9 Å². The molecular formula is C11H8O6. The van der Waals surface area contributed by atoms with Gasteiger partial charge in [0.15, 0.2) is 0 Å². The first-order valence-corrected chi connectivity index (χ1v) is 5.60. The van der Waals surface area contributed by atoms with E-state index >= 15 is 0 Å². The molecule has 0 spiro atoms. The molecule has 2 saturated carbocycles. The largest absolute Gasteiger partial charge is 0.393 e. The number of hydrogen-bond acceptors (Lipinski definition) is 6. The van der Waals surface area contributed by atoms with Crippen LogP contribution in [0.4, 0.5) is 0 Å². The molecule has 2 saturated heterocycles. The Hall–Kier alpha value is -1.72. The quantitative estimate of drug-likeness (QED) is 0.407. The standard InChI is InChI=1S/C11H8O6/c12-8-4-2-1-3(6(4)10(14)16-8)7-5(2)9(13)17-11(7)15/h2-7H,1H2/t2?,3?,4-,5-,6+,7+. The van der Waals surface area contributed by atoms with E-state index in [1.165, 1.54) is 0 Å². The lowest BCUT2D eigenvalue weighted by Gasteiger charge is -2.25. The van der Waals surface area contributed by atoms with Gasteiger partial charge in [-0.15, -0.1) is 0 Å². The highest BCUT2D eigenvalue weighted by molar-refractivity contribution is 6.03. The summed E-state index contributed by atoms with van der Waals surface area (Å²) in [5, 5.41) is 0. The first kappa shape index (κ1) is 9.32. The van der Waals surface area contributed by atoms with Crippen molar-refractivity contribution >= 4 is 23.9 Å². The lowest BCUT2D eigenvalue weighted by molar-refractivity contribution is -0.155. The van der Waals surface area contributed by atoms with E-state index in [1.54, 1.807) is 0 Å². The Morgan fingerprint density at radius 1 is 0.647 bits per heavy atom. The Morgan fingerprint density at radius 2 is 0.941 bits per heavy atom. The van der Waals surface area contributed by atoms with Gasteiger partial charge in [-0.3, -0.25) is 19.2 Å². The van der Waals surface area contributed by atoms with Gasteiger partial charge in [-0.25, -0.2) is 0 Å². The summed E-state index contributed by atoms with van der Waals surface area (Å²) in [5.41, 5.74) is 0. The van der Waals surface area contributed by atoms with Gasteiger partial charge in [-0.1, -0.05) is 0 Å². The number of fused-ring (bicyclic) bond motifs is 8. The maximum atomic E-state index is 11.6. The number of rotatable bonds is 0. The van der Waals surface area contributed by atoms with E-state index in [-0.39, 0.29) is 11.8 Å². The molecule has 4 aliphatic rings. The number of carbonyl (C=O) groups is 4. The summed E-state index contributed by atoms with van der Waals surface area (Å²) in [6.07, 6.45) is 0.576. The van der Waals surface area contributed by atoms with Crippen molar-refractivity contribution in [1.82, 2.24) is 0 Å². The van der Waals surface area contributed by atoms with E-state index < -0.39 is 47.5 Å². The second kappa shape index (κ2) is 2.57. The molecule has 6 heteroatoms. The average molecular weight is 236 g/mol. The SMILES string of the molecule is O=C1OC(=O)[C@H]2C3CC([C@@H]12)[C@H]1C(=O)OC(=O)[C@@H]31. The van der Waals surface area contributed by atoms with Crippen molar-refractivity contribution in [2.45, 2.75) is 6.42 Å². The normalized spacial score (nSPS) is 50.4. The van der Waals surface area contributed by atoms with Crippen molar-refractivity contribution in [3.63, 3.8) is 0 Å². The van der Waals surface area contributed by atoms with Gasteiger partial charge in [-0.05, 0) is 18.3 Å². The molecule has 0 unspecified atom stereocenters. The molecule has 0 amide bonds. The summed E-state index contributed by atoms with van der Waals surface area (Å²) < 4.78 is 9.21. The summed E-state index contributed by atoms with van der Waals surface area (Å²) in [4.78, 5) is 46.2. The minimum Gasteiger partial charge on any atom is -0.393 e. The van der Waals surface area contributed by atoms with Gasteiger partial charge >= 0.3 is 23.9 Å². The number of carbonyl (C=O) groups excluding carboxylic acids is 4. The highest BCUT2D eigenvalue weighted by Gasteiger charge is 2.72. The van der Waals surface area contributed by atoms with Crippen molar-refractivity contribution in [3.8, 4) is 0 Å². The van der Waals surface area contributed by atoms with Crippen molar-refractivity contribution in [2.24, 2.45) is 35.5 Å². The topological polar surface area (TPSA) is 86.7 Å². The number of ether oxygens (including phenoxy) is 2. The fourth-order valence-corrected chi connectivity index (χ4v) is 4.17. The Kier molecular flexibility index (Phi) is 1.41. The Labute approximate surface area is 95.2 Å². The third-order valence-electron chi connectivity index (χ3n) is 4.65. The Balaban J connectivity index is 1.82. The molecule has 2 aliphatic carbocycles. The minimum absolute atomic E-state index is 0.257. The monoisotopic (exact) mass is 236 g/mol. The summed E-state index contributed by atoms with van der Waals surface area (Å²) in [6, 6.07) is 0. The van der Waals surface area contributed by atoms with Crippen LogP contribution in [0.2, 0.25) is 0 Å². The zero-order valence-corrected chi connectivity index (χ0v) is 8.62. The predicted octanol–water partition coefficient (Wildman–Crippen LogP) is -0.732. The van der Waals surface area contributed by atoms with Crippen LogP contribution in [0.25, 0.3) is 0 Å². The van der Waals surface area contributed by atoms with Gasteiger partial charge in [0.05, 0.1) is 23.7 Å². The first-order valence-electron chi connectivity index (χ1n) is 5.60. The fraction of sp³-hybridized carbons (Fsp3) is 0.636. The summed E-state index contributed by atoms with van der Waals surface area (Å²) >= 11 is 0. The van der Waals surface area contributed by atoms with Crippen molar-refractivity contribution in [3.05, 3.63) is 0 Å². The summed E-state index contributed by atoms with van der Waals surface area (Å²) in [6.45, 7) is 0. The molecule has 2 aliphatic heterocycles. The third kappa shape index (κ3) is 0.852. The molecule has 0 aromatic rings. The Morgan fingerprint density at radius 3 is 1.24 bits per heavy atom. The first-order chi connectivity index (χ1) is 8.09. The molecule has 4 rings (SSSR count). The van der Waals surface area contributed by atoms with Crippen molar-refractivity contribution in [1.29, 1.82) is 0 Å². The van der Waals surface area contributed by atoms with Gasteiger partial charge in [0.25, 0.3) is 0 Å². The van der Waals surface area contributed by atoms with E-state index in [4.69, 9.17) is 0 Å². The molecule has 0 radical (unpaired) electrons. The van der Waals surface area contributed by atoms with Crippen LogP contribution in [0.5, 0.6) is 0 Å². The Bertz CT molecular complexity index is 410. The second-order valence-electron chi connectivity index (χ2n) is 5.15. The molecule has 6 nitrogen and oxygen atoms in total. The van der Waals surface area contributed by atoms with E-state index in [2.05, 4.69) is 9.47 Å². The van der Waals surface area contributed by atoms with Crippen LogP contribution in [0, 0.1) is 35.5 Å². The molecule has 0 N–H and O–H groups in total. The van der Waals surface area contributed by atoms with Crippen LogP contribution in [-0.2, 0) is 28.7 Å². The molecule has 88 valence electrons. The van der Waals surface area contributed by atoms with Crippen LogP contribution >= 0.6 is 0 Å². The minimum atomic E-state index is -0.543. The lowest BCUT2D eigenvalue weighted by Crippen LogP contribution is -2.37. The smallest absolute Gasteiger partial charge is 0.317 e. The van der Waals surface area contributed by atoms with Crippen LogP contribution in [0.15, 0.2) is 0 Å². The van der Waals surface area contributed by atoms with Crippen LogP contribution in [0.3, 0.4) is 0 Å². The zero-order chi connectivity index (χ0) is 11.9. The maximum absolute atomic E-state index is 11.6. The molecule has 2 heterocycles. The lowest BCUT2D eigenvalue weighted by atomic mass is 9.70. The van der Waals surface area contributed by atoms with Crippen LogP contribution < -0.4 is 0 Å². The maximum Gasteiger partial charge on any atom is 0.317 e. The van der Waals surface area contributed by atoms with E-state index in [9.17, 15) is 19.2 Å². The molecular weight excluding hydrogens is 228 g/mol. The van der Waals surface area contributed by atoms with Crippen molar-refractivity contribution < 1.29 is 28.7 Å². The summed E-state index contributed by atoms with van der Waals surface area (Å²) in [7, 11) is 0. The molecule has 4 fully saturated rings. The molecule has 0 aromatic carbocycles. The van der Waals surface area contributed by atoms with Gasteiger partial charge in [0, 0.05) is 0 Å². The molecule has 2 bridgehead atoms. The van der Waals surface area contributed by atoms with E-state index in [0.717, 1.165) is 0 Å². The van der Waals surface area contributed by atoms with Gasteiger partial charge < -0.3 is 9.47 Å². The van der Waals surface area contributed by atoms with Gasteiger partial charge in [-0.2, -0.15) is 0 Å². The number of esters is 4. The zero-order valence-electron chi connectivity index (χ0n) is 8.62. The fourth-order valence-electron chi connectivity index (χ4n) is 4.17. The number of hydrogen-bond donors (Lipinski definition) is 0. The average Bonchev–Trinajstić information content (AvgIpc) is 2.92. The highest BCUT2D eigenvalue weighted by atomic mass is 16.6. The van der Waals surface area contributed by atoms with E-state index in [1.807, 2.05) is 0 Å². The highest BCUT2D eigenvalue weighted by Crippen LogP contribution is 2.62. The van der Waals surface area contributed by atoms with Crippen LogP contribution in [0.1, 0.15) is 6.42 Å². The molecule has 4 atom stereocenters. The molecule has 17 heavy (non-hydrogen) atoms. The van der Waals surface area contributed by atoms with Crippen molar-refractivity contribution in [2.75, 3.05) is 0 Å². The van der Waals surface area contributed by atoms with Gasteiger partial charge in [0.2, 0.25) is 0 Å². The van der Waals surface area contributed by atoms with E-state index in [0.29, 0.717) is 6.42 Å². The third-order valence-corrected chi connectivity index (χ3v) is 4.65. The number of cyclic esters (lactones) is 4. The predicted molar refractivity (Wildman–Crippen MR) is 47.8 cm³/mol. The summed E-state index contributed by atoms with van der Waals surface area (Å²) in [5.74, 6) is -4.83. The van der Waals surface area contributed by atoms with Gasteiger partial charge in [0.1, 0.15) is 0 Å².